The fourth-order valence-corrected chi connectivity index (χ4v) is 1.59. The summed E-state index contributed by atoms with van der Waals surface area (Å²) in [4.78, 5) is 32.5. The summed E-state index contributed by atoms with van der Waals surface area (Å²) in [6.45, 7) is 1.47. The van der Waals surface area contributed by atoms with Crippen LogP contribution in [0.1, 0.15) is 45.4 Å². The molecule has 0 saturated heterocycles. The number of hydrogen-bond donors (Lipinski definition) is 2. The van der Waals surface area contributed by atoms with Crippen molar-refractivity contribution in [2.45, 2.75) is 57.7 Å². The van der Waals surface area contributed by atoms with Gasteiger partial charge in [0.25, 0.3) is 0 Å². The van der Waals surface area contributed by atoms with Crippen molar-refractivity contribution in [1.82, 2.24) is 5.32 Å². The van der Waals surface area contributed by atoms with Gasteiger partial charge in [-0.2, -0.15) is 13.2 Å². The summed E-state index contributed by atoms with van der Waals surface area (Å²) in [5, 5.41) is 10.1. The molecule has 1 unspecified atom stereocenters. The zero-order valence-corrected chi connectivity index (χ0v) is 12.2. The number of carbonyl (C=O) groups excluding carboxylic acids is 2. The van der Waals surface area contributed by atoms with E-state index in [1.54, 1.807) is 5.32 Å². The van der Waals surface area contributed by atoms with Crippen LogP contribution in [0.5, 0.6) is 0 Å². The average molecular weight is 327 g/mol. The lowest BCUT2D eigenvalue weighted by Crippen LogP contribution is -2.42. The van der Waals surface area contributed by atoms with E-state index in [2.05, 4.69) is 0 Å². The maximum absolute atomic E-state index is 12.1. The summed E-state index contributed by atoms with van der Waals surface area (Å²) in [5.74, 6) is -4.09. The van der Waals surface area contributed by atoms with Crippen molar-refractivity contribution in [1.29, 1.82) is 0 Å². The molecule has 2 N–H and O–H groups in total. The number of aliphatic carboxylic acids is 1. The number of ether oxygens (including phenoxy) is 1. The van der Waals surface area contributed by atoms with Gasteiger partial charge in [0, 0.05) is 0 Å². The van der Waals surface area contributed by atoms with Gasteiger partial charge in [-0.05, 0) is 12.8 Å². The van der Waals surface area contributed by atoms with E-state index in [1.165, 1.54) is 0 Å². The van der Waals surface area contributed by atoms with Crippen molar-refractivity contribution in [3.63, 3.8) is 0 Å². The van der Waals surface area contributed by atoms with E-state index in [0.717, 1.165) is 12.8 Å². The second-order valence-corrected chi connectivity index (χ2v) is 4.71. The van der Waals surface area contributed by atoms with Crippen molar-refractivity contribution >= 4 is 17.8 Å². The standard InChI is InChI=1S/C13H20F3NO5/c1-2-3-4-5-9(8-17-12(21)13(14,15)16)22-11(20)7-6-10(18)19/h9H,2-8H2,1H3,(H,17,21)(H,18,19). The minimum Gasteiger partial charge on any atom is -0.481 e. The molecule has 6 nitrogen and oxygen atoms in total. The van der Waals surface area contributed by atoms with E-state index in [4.69, 9.17) is 9.84 Å². The second-order valence-electron chi connectivity index (χ2n) is 4.71. The summed E-state index contributed by atoms with van der Waals surface area (Å²) in [7, 11) is 0. The molecule has 0 aromatic rings. The highest BCUT2D eigenvalue weighted by molar-refractivity contribution is 5.81. The van der Waals surface area contributed by atoms with E-state index >= 15 is 0 Å². The molecule has 0 heterocycles. The van der Waals surface area contributed by atoms with Crippen LogP contribution >= 0.6 is 0 Å². The fourth-order valence-electron chi connectivity index (χ4n) is 1.59. The molecule has 0 aliphatic heterocycles. The average Bonchev–Trinajstić information content (AvgIpc) is 2.41. The van der Waals surface area contributed by atoms with Gasteiger partial charge in [-0.1, -0.05) is 19.8 Å². The number of halogens is 3. The minimum atomic E-state index is -5.00. The Labute approximate surface area is 126 Å². The van der Waals surface area contributed by atoms with E-state index < -0.39 is 43.1 Å². The second kappa shape index (κ2) is 10.0. The van der Waals surface area contributed by atoms with Crippen LogP contribution in [0.15, 0.2) is 0 Å². The number of carbonyl (C=O) groups is 3. The lowest BCUT2D eigenvalue weighted by Gasteiger charge is -2.19. The Hall–Kier alpha value is -1.80. The zero-order chi connectivity index (χ0) is 17.2. The number of nitrogens with one attached hydrogen (secondary N) is 1. The van der Waals surface area contributed by atoms with Crippen LogP contribution in [0.3, 0.4) is 0 Å². The Morgan fingerprint density at radius 3 is 2.32 bits per heavy atom. The van der Waals surface area contributed by atoms with Gasteiger partial charge in [0.1, 0.15) is 6.10 Å². The number of amides is 1. The predicted octanol–water partition coefficient (Wildman–Crippen LogP) is 2.02. The summed E-state index contributed by atoms with van der Waals surface area (Å²) < 4.78 is 41.2. The van der Waals surface area contributed by atoms with Crippen LogP contribution in [-0.2, 0) is 19.1 Å². The normalized spacial score (nSPS) is 12.5. The molecule has 0 radical (unpaired) electrons. The first-order valence-corrected chi connectivity index (χ1v) is 6.93. The first kappa shape index (κ1) is 20.2. The zero-order valence-electron chi connectivity index (χ0n) is 12.2. The molecule has 0 spiro atoms. The molecule has 22 heavy (non-hydrogen) atoms. The van der Waals surface area contributed by atoms with Crippen molar-refractivity contribution in [3.05, 3.63) is 0 Å². The quantitative estimate of drug-likeness (QED) is 0.473. The third kappa shape index (κ3) is 10.0. The third-order valence-electron chi connectivity index (χ3n) is 2.72. The van der Waals surface area contributed by atoms with Gasteiger partial charge in [0.05, 0.1) is 19.4 Å². The number of rotatable bonds is 10. The SMILES string of the molecule is CCCCCC(CNC(=O)C(F)(F)F)OC(=O)CCC(=O)O. The van der Waals surface area contributed by atoms with E-state index in [0.29, 0.717) is 12.8 Å². The van der Waals surface area contributed by atoms with Crippen molar-refractivity contribution in [2.24, 2.45) is 0 Å². The number of carboxylic acid groups (broad SMARTS) is 1. The predicted molar refractivity (Wildman–Crippen MR) is 70.0 cm³/mol. The molecule has 0 saturated carbocycles. The first-order chi connectivity index (χ1) is 10.2. The highest BCUT2D eigenvalue weighted by Crippen LogP contribution is 2.15. The van der Waals surface area contributed by atoms with Crippen LogP contribution in [0.2, 0.25) is 0 Å². The van der Waals surface area contributed by atoms with Crippen LogP contribution in [-0.4, -0.2) is 41.8 Å². The lowest BCUT2D eigenvalue weighted by atomic mass is 10.1. The molecule has 0 aliphatic carbocycles. The highest BCUT2D eigenvalue weighted by Gasteiger charge is 2.38. The maximum Gasteiger partial charge on any atom is 0.471 e. The summed E-state index contributed by atoms with van der Waals surface area (Å²) in [5.41, 5.74) is 0. The van der Waals surface area contributed by atoms with Crippen molar-refractivity contribution in [2.75, 3.05) is 6.54 Å². The number of unbranched alkanes of at least 4 members (excludes halogenated alkanes) is 2. The molecule has 1 atom stereocenters. The molecule has 1 amide bonds. The molecule has 0 aromatic carbocycles. The lowest BCUT2D eigenvalue weighted by molar-refractivity contribution is -0.174. The number of esters is 1. The van der Waals surface area contributed by atoms with E-state index in [-0.39, 0.29) is 6.42 Å². The van der Waals surface area contributed by atoms with Crippen LogP contribution in [0, 0.1) is 0 Å². The molecular formula is C13H20F3NO5. The Morgan fingerprint density at radius 2 is 1.82 bits per heavy atom. The summed E-state index contributed by atoms with van der Waals surface area (Å²) >= 11 is 0. The smallest absolute Gasteiger partial charge is 0.471 e. The Kier molecular flexibility index (Phi) is 9.20. The molecule has 128 valence electrons. The molecule has 0 aliphatic rings. The Morgan fingerprint density at radius 1 is 1.18 bits per heavy atom. The maximum atomic E-state index is 12.1. The number of alkyl halides is 3. The molecule has 0 aromatic heterocycles. The molecular weight excluding hydrogens is 307 g/mol. The first-order valence-electron chi connectivity index (χ1n) is 6.93. The fraction of sp³-hybridized carbons (Fsp3) is 0.769. The molecule has 0 bridgehead atoms. The minimum absolute atomic E-state index is 0.296. The van der Waals surface area contributed by atoms with Gasteiger partial charge in [-0.3, -0.25) is 14.4 Å². The topological polar surface area (TPSA) is 92.7 Å². The van der Waals surface area contributed by atoms with Gasteiger partial charge in [-0.15, -0.1) is 0 Å². The van der Waals surface area contributed by atoms with Gasteiger partial charge < -0.3 is 15.2 Å². The van der Waals surface area contributed by atoms with Crippen LogP contribution < -0.4 is 5.32 Å². The molecule has 0 fully saturated rings. The Balaban J connectivity index is 4.39. The molecule has 9 heteroatoms. The Bertz CT molecular complexity index is 384. The van der Waals surface area contributed by atoms with E-state index in [1.807, 2.05) is 6.92 Å². The van der Waals surface area contributed by atoms with Crippen molar-refractivity contribution in [3.8, 4) is 0 Å². The highest BCUT2D eigenvalue weighted by atomic mass is 19.4. The van der Waals surface area contributed by atoms with Gasteiger partial charge in [0.15, 0.2) is 0 Å². The van der Waals surface area contributed by atoms with Gasteiger partial charge in [-0.25, -0.2) is 0 Å². The molecule has 0 rings (SSSR count). The monoisotopic (exact) mass is 327 g/mol. The summed E-state index contributed by atoms with van der Waals surface area (Å²) in [6, 6.07) is 0. The van der Waals surface area contributed by atoms with Crippen LogP contribution in [0.25, 0.3) is 0 Å². The van der Waals surface area contributed by atoms with Gasteiger partial charge in [0.2, 0.25) is 0 Å². The third-order valence-corrected chi connectivity index (χ3v) is 2.72. The largest absolute Gasteiger partial charge is 0.481 e. The summed E-state index contributed by atoms with van der Waals surface area (Å²) in [6.07, 6.45) is -4.10. The van der Waals surface area contributed by atoms with E-state index in [9.17, 15) is 27.6 Å². The van der Waals surface area contributed by atoms with Crippen LogP contribution in [0.4, 0.5) is 13.2 Å². The van der Waals surface area contributed by atoms with Crippen molar-refractivity contribution < 1.29 is 37.4 Å². The van der Waals surface area contributed by atoms with Gasteiger partial charge >= 0.3 is 24.0 Å². The number of carboxylic acids is 1. The number of hydrogen-bond acceptors (Lipinski definition) is 4.